The molecule has 4 heterocycles. The lowest BCUT2D eigenvalue weighted by molar-refractivity contribution is -0.650. The first kappa shape index (κ1) is 54.7. The number of aromatic nitrogens is 3. The van der Waals surface area contributed by atoms with Gasteiger partial charge in [0.05, 0.1) is 52.8 Å². The van der Waals surface area contributed by atoms with Crippen molar-refractivity contribution in [1.29, 1.82) is 0 Å². The first-order chi connectivity index (χ1) is 35.4. The Labute approximate surface area is 431 Å². The molecule has 21 heteroatoms. The Morgan fingerprint density at radius 3 is 2.31 bits per heavy atom. The number of nitrogens with zero attached hydrogens (tertiary/aromatic N) is 6. The van der Waals surface area contributed by atoms with Crippen molar-refractivity contribution in [3.63, 3.8) is 0 Å². The van der Waals surface area contributed by atoms with E-state index in [0.29, 0.717) is 96.2 Å². The van der Waals surface area contributed by atoms with Crippen molar-refractivity contribution in [3.05, 3.63) is 65.1 Å². The van der Waals surface area contributed by atoms with Gasteiger partial charge in [-0.05, 0) is 128 Å². The van der Waals surface area contributed by atoms with Crippen molar-refractivity contribution < 1.29 is 46.7 Å². The number of ether oxygens (including phenoxy) is 2. The van der Waals surface area contributed by atoms with Gasteiger partial charge in [-0.1, -0.05) is 6.07 Å². The molecule has 0 spiro atoms. The number of hydrazine groups is 1. The van der Waals surface area contributed by atoms with E-state index in [4.69, 9.17) is 9.47 Å². The van der Waals surface area contributed by atoms with Crippen LogP contribution in [0.3, 0.4) is 0 Å². The van der Waals surface area contributed by atoms with Crippen LogP contribution >= 0.6 is 0 Å². The summed E-state index contributed by atoms with van der Waals surface area (Å²) >= 11 is 0. The van der Waals surface area contributed by atoms with E-state index in [1.807, 2.05) is 24.0 Å². The molecule has 4 amide bonds. The molecule has 3 aromatic rings. The third-order valence-corrected chi connectivity index (χ3v) is 15.5. The number of pyridine rings is 1. The lowest BCUT2D eigenvalue weighted by Crippen LogP contribution is -2.61. The number of amides is 4. The van der Waals surface area contributed by atoms with Crippen molar-refractivity contribution in [2.75, 3.05) is 38.2 Å². The maximum atomic E-state index is 14.1. The fourth-order valence-electron chi connectivity index (χ4n) is 11.9. The SMILES string of the molecule is CCN1C(=O)C[C@H](C(=O)NCCOC2CCC(OCCCC(=O)NC3CCC([N+](=O)N[C@@H]4C[C@H](NC(C)(C)C)CC[C@@H]4N4CC[C@H](Nc5ncnc6ccc(C(F)(F)F)cc56)C4=O)CC3)CC2)[C@H]1c1cccnc1. The van der Waals surface area contributed by atoms with E-state index in [1.54, 1.807) is 17.3 Å². The number of likely N-dealkylation sites (tertiary alicyclic amines) is 2. The summed E-state index contributed by atoms with van der Waals surface area (Å²) in [5.74, 6) is -0.717. The van der Waals surface area contributed by atoms with Gasteiger partial charge in [-0.3, -0.25) is 24.2 Å². The minimum Gasteiger partial charge on any atom is -0.378 e. The number of benzene rings is 1. The number of hydrogen-bond acceptors (Lipinski definition) is 12. The third kappa shape index (κ3) is 14.0. The van der Waals surface area contributed by atoms with Gasteiger partial charge in [0.2, 0.25) is 29.7 Å². The highest BCUT2D eigenvalue weighted by atomic mass is 19.4. The Kier molecular flexibility index (Phi) is 18.1. The lowest BCUT2D eigenvalue weighted by atomic mass is 9.84. The Balaban J connectivity index is 0.722. The van der Waals surface area contributed by atoms with Crippen LogP contribution in [0.2, 0.25) is 0 Å². The second-order valence-corrected chi connectivity index (χ2v) is 21.8. The molecule has 404 valence electrons. The lowest BCUT2D eigenvalue weighted by Gasteiger charge is -2.41. The predicted octanol–water partition coefficient (Wildman–Crippen LogP) is 6.30. The predicted molar refractivity (Wildman–Crippen MR) is 270 cm³/mol. The monoisotopic (exact) mass is 1030 g/mol. The Hall–Kier alpha value is -5.54. The number of nitrogens with one attached hydrogen (secondary N) is 5. The van der Waals surface area contributed by atoms with Gasteiger partial charge in [0.1, 0.15) is 29.1 Å². The Bertz CT molecular complexity index is 2410. The fourth-order valence-corrected chi connectivity index (χ4v) is 11.9. The highest BCUT2D eigenvalue weighted by Crippen LogP contribution is 2.38. The summed E-state index contributed by atoms with van der Waals surface area (Å²) in [7, 11) is 0. The van der Waals surface area contributed by atoms with Crippen LogP contribution in [-0.2, 0) is 34.8 Å². The molecule has 1 aromatic carbocycles. The number of nitroso groups, excluding NO2 is 1. The van der Waals surface area contributed by atoms with E-state index in [-0.39, 0.29) is 95.3 Å². The van der Waals surface area contributed by atoms with Gasteiger partial charge in [-0.15, -0.1) is 5.43 Å². The topological polar surface area (TPSA) is 212 Å². The van der Waals surface area contributed by atoms with E-state index < -0.39 is 23.7 Å². The van der Waals surface area contributed by atoms with Crippen LogP contribution in [0.5, 0.6) is 0 Å². The second kappa shape index (κ2) is 24.4. The maximum Gasteiger partial charge on any atom is 0.416 e. The number of rotatable bonds is 20. The van der Waals surface area contributed by atoms with Gasteiger partial charge in [0.25, 0.3) is 0 Å². The number of anilines is 1. The molecular weight excluding hydrogens is 960 g/mol. The van der Waals surface area contributed by atoms with Gasteiger partial charge < -0.3 is 40.5 Å². The molecule has 5 fully saturated rings. The normalized spacial score (nSPS) is 27.8. The minimum atomic E-state index is -4.55. The van der Waals surface area contributed by atoms with E-state index >= 15 is 0 Å². The van der Waals surface area contributed by atoms with E-state index in [2.05, 4.69) is 62.4 Å². The average molecular weight is 1040 g/mol. The molecular formula is C53H75F3N11O7+. The second-order valence-electron chi connectivity index (χ2n) is 21.8. The molecule has 18 nitrogen and oxygen atoms in total. The van der Waals surface area contributed by atoms with Gasteiger partial charge in [0.15, 0.2) is 0 Å². The number of halogens is 3. The van der Waals surface area contributed by atoms with Crippen LogP contribution in [0.15, 0.2) is 49.1 Å². The molecule has 2 aliphatic heterocycles. The van der Waals surface area contributed by atoms with Crippen molar-refractivity contribution in [2.24, 2.45) is 5.92 Å². The zero-order valence-electron chi connectivity index (χ0n) is 43.2. The van der Waals surface area contributed by atoms with Crippen molar-refractivity contribution in [3.8, 4) is 0 Å². The molecule has 3 saturated carbocycles. The summed E-state index contributed by atoms with van der Waals surface area (Å²) in [5, 5.41) is 13.1. The van der Waals surface area contributed by atoms with Gasteiger partial charge >= 0.3 is 6.18 Å². The van der Waals surface area contributed by atoms with E-state index in [0.717, 1.165) is 54.7 Å². The summed E-state index contributed by atoms with van der Waals surface area (Å²) in [5.41, 5.74) is 3.48. The number of carbonyl (C=O) groups is 4. The average Bonchev–Trinajstić information content (AvgIpc) is 3.91. The van der Waals surface area contributed by atoms with Crippen LogP contribution in [0.25, 0.3) is 10.9 Å². The van der Waals surface area contributed by atoms with Gasteiger partial charge in [-0.2, -0.15) is 13.2 Å². The molecule has 0 unspecified atom stereocenters. The number of hydrogen-bond donors (Lipinski definition) is 5. The van der Waals surface area contributed by atoms with Crippen molar-refractivity contribution in [1.82, 2.24) is 46.1 Å². The van der Waals surface area contributed by atoms with E-state index in [9.17, 15) is 37.3 Å². The van der Waals surface area contributed by atoms with Crippen molar-refractivity contribution in [2.45, 2.75) is 190 Å². The van der Waals surface area contributed by atoms with Crippen LogP contribution in [0.4, 0.5) is 19.0 Å². The number of fused-ring (bicyclic) bond motifs is 1. The third-order valence-electron chi connectivity index (χ3n) is 15.5. The zero-order valence-corrected chi connectivity index (χ0v) is 43.2. The van der Waals surface area contributed by atoms with Crippen LogP contribution < -0.4 is 26.7 Å². The quantitative estimate of drug-likeness (QED) is 0.0479. The summed E-state index contributed by atoms with van der Waals surface area (Å²) in [6.07, 6.45) is 9.86. The smallest absolute Gasteiger partial charge is 0.378 e. The molecule has 5 N–H and O–H groups in total. The van der Waals surface area contributed by atoms with Crippen LogP contribution in [-0.4, -0.2) is 140 Å². The standard InChI is InChI=1S/C53H74F3N11O7/c1-5-65-47(69)30-41(48(65)33-8-6-23-57-31-33)50(70)58-24-27-74-39-18-16-38(17-19-39)73-26-7-9-46(68)61-35-11-14-37(15-12-35)67(72)64-44-29-36(63-52(2,3)4)13-21-45(44)66-25-22-43(51(66)71)62-49-40-28-34(53(54,55)56)10-20-42(40)59-32-60-49/h6,8,10,20,23,28,31-32,35-39,41,43-45,48,63H,5,7,9,11-19,21-22,24-27,29-30H2,1-4H3,(H3-,58,59,60,61,62,64,68,70,72)/p+1/t35?,36-,37?,38?,39?,41+,43+,44-,45+,48-/m1/s1. The molecule has 8 rings (SSSR count). The zero-order chi connectivity index (χ0) is 52.6. The molecule has 0 radical (unpaired) electrons. The molecule has 2 aromatic heterocycles. The van der Waals surface area contributed by atoms with Gasteiger partial charge in [0, 0.05) is 87.3 Å². The molecule has 74 heavy (non-hydrogen) atoms. The fraction of sp³-hybridized carbons (Fsp3) is 0.679. The first-order valence-electron chi connectivity index (χ1n) is 26.8. The molecule has 6 atom stereocenters. The summed E-state index contributed by atoms with van der Waals surface area (Å²) in [6.45, 7) is 10.4. The molecule has 5 aliphatic rings. The van der Waals surface area contributed by atoms with Gasteiger partial charge in [-0.25, -0.2) is 9.97 Å². The van der Waals surface area contributed by atoms with Crippen LogP contribution in [0.1, 0.15) is 141 Å². The summed E-state index contributed by atoms with van der Waals surface area (Å²) in [4.78, 5) is 84.0. The first-order valence-corrected chi connectivity index (χ1v) is 26.8. The largest absolute Gasteiger partial charge is 0.416 e. The highest BCUT2D eigenvalue weighted by Gasteiger charge is 2.47. The van der Waals surface area contributed by atoms with Crippen LogP contribution in [0, 0.1) is 10.8 Å². The molecule has 2 saturated heterocycles. The molecule has 0 bridgehead atoms. The minimum absolute atomic E-state index is 0.0275. The number of alkyl halides is 3. The highest BCUT2D eigenvalue weighted by molar-refractivity contribution is 5.93. The molecule has 3 aliphatic carbocycles. The van der Waals surface area contributed by atoms with Crippen molar-refractivity contribution >= 4 is 40.3 Å². The summed E-state index contributed by atoms with van der Waals surface area (Å²) < 4.78 is 53.1. The summed E-state index contributed by atoms with van der Waals surface area (Å²) in [6, 6.07) is 5.13. The Morgan fingerprint density at radius 1 is 0.892 bits per heavy atom. The maximum absolute atomic E-state index is 14.1. The Morgan fingerprint density at radius 2 is 1.62 bits per heavy atom. The van der Waals surface area contributed by atoms with E-state index in [1.165, 1.54) is 12.4 Å². The number of carbonyl (C=O) groups excluding carboxylic acids is 4.